The number of fused-ring (bicyclic) bond motifs is 7. The van der Waals surface area contributed by atoms with Crippen LogP contribution in [0.2, 0.25) is 0 Å². The zero-order valence-corrected chi connectivity index (χ0v) is 22.5. The van der Waals surface area contributed by atoms with Gasteiger partial charge in [-0.25, -0.2) is 0 Å². The molecule has 0 heteroatoms. The molecule has 0 nitrogen and oxygen atoms in total. The lowest BCUT2D eigenvalue weighted by molar-refractivity contribution is 0.690. The van der Waals surface area contributed by atoms with Gasteiger partial charge in [-0.3, -0.25) is 0 Å². The maximum absolute atomic E-state index is 2.38. The summed E-state index contributed by atoms with van der Waals surface area (Å²) < 4.78 is 0. The van der Waals surface area contributed by atoms with E-state index in [0.29, 0.717) is 0 Å². The molecule has 0 unspecified atom stereocenters. The largest absolute Gasteiger partial charge is 0.0620 e. The number of benzene rings is 7. The van der Waals surface area contributed by atoms with Gasteiger partial charge in [0.05, 0.1) is 0 Å². The first-order valence-electron chi connectivity index (χ1n) is 14.2. The predicted molar refractivity (Wildman–Crippen MR) is 170 cm³/mol. The molecule has 39 heavy (non-hydrogen) atoms. The summed E-state index contributed by atoms with van der Waals surface area (Å²) in [4.78, 5) is 0. The Morgan fingerprint density at radius 1 is 0.436 bits per heavy atom. The van der Waals surface area contributed by atoms with Crippen LogP contribution >= 0.6 is 0 Å². The number of hydrogen-bond donors (Lipinski definition) is 0. The minimum atomic E-state index is 1.23. The van der Waals surface area contributed by atoms with Crippen molar-refractivity contribution in [3.8, 4) is 11.1 Å². The van der Waals surface area contributed by atoms with Crippen LogP contribution in [-0.4, -0.2) is 0 Å². The van der Waals surface area contributed by atoms with Gasteiger partial charge in [-0.15, -0.1) is 0 Å². The van der Waals surface area contributed by atoms with Crippen molar-refractivity contribution in [2.75, 3.05) is 0 Å². The van der Waals surface area contributed by atoms with E-state index >= 15 is 0 Å². The Balaban J connectivity index is 0.000000153. The zero-order valence-electron chi connectivity index (χ0n) is 22.5. The molecule has 0 atom stereocenters. The van der Waals surface area contributed by atoms with Crippen LogP contribution in [0.4, 0.5) is 0 Å². The third-order valence-corrected chi connectivity index (χ3v) is 8.42. The fourth-order valence-electron chi connectivity index (χ4n) is 6.34. The molecule has 1 aliphatic rings. The van der Waals surface area contributed by atoms with Crippen molar-refractivity contribution in [3.63, 3.8) is 0 Å². The Kier molecular flexibility index (Phi) is 6.10. The van der Waals surface area contributed by atoms with Crippen molar-refractivity contribution in [2.24, 2.45) is 0 Å². The topological polar surface area (TPSA) is 0 Å². The van der Waals surface area contributed by atoms with Crippen molar-refractivity contribution in [1.29, 1.82) is 0 Å². The molecule has 0 fully saturated rings. The molecule has 1 aliphatic carbocycles. The number of rotatable bonds is 1. The van der Waals surface area contributed by atoms with Crippen LogP contribution in [0.1, 0.15) is 29.5 Å². The number of hydrogen-bond acceptors (Lipinski definition) is 0. The first-order chi connectivity index (χ1) is 19.2. The minimum Gasteiger partial charge on any atom is -0.0620 e. The third kappa shape index (κ3) is 4.47. The van der Waals surface area contributed by atoms with E-state index in [0.717, 1.165) is 0 Å². The summed E-state index contributed by atoms with van der Waals surface area (Å²) in [6.45, 7) is 2.19. The highest BCUT2D eigenvalue weighted by atomic mass is 14.2. The van der Waals surface area contributed by atoms with E-state index in [1.54, 1.807) is 11.1 Å². The summed E-state index contributed by atoms with van der Waals surface area (Å²) in [5.41, 5.74) is 7.13. The smallest absolute Gasteiger partial charge is 0.00991 e. The van der Waals surface area contributed by atoms with Gasteiger partial charge in [-0.05, 0) is 122 Å². The molecule has 0 spiro atoms. The lowest BCUT2D eigenvalue weighted by Gasteiger charge is -2.19. The molecule has 0 saturated heterocycles. The Hall–Kier alpha value is -4.42. The average molecular weight is 501 g/mol. The highest BCUT2D eigenvalue weighted by Crippen LogP contribution is 2.35. The molecular weight excluding hydrogens is 468 g/mol. The van der Waals surface area contributed by atoms with Gasteiger partial charge >= 0.3 is 0 Å². The highest BCUT2D eigenvalue weighted by molar-refractivity contribution is 6.10. The van der Waals surface area contributed by atoms with Crippen LogP contribution in [0, 0.1) is 6.92 Å². The van der Waals surface area contributed by atoms with Crippen LogP contribution in [0.5, 0.6) is 0 Å². The Morgan fingerprint density at radius 2 is 1.03 bits per heavy atom. The van der Waals surface area contributed by atoms with Crippen LogP contribution < -0.4 is 0 Å². The SMILES string of the molecule is Cc1ccccc1-c1ccc2ccc3c4c(ccc3c2c1)CCCC4.c1ccc2cc3ccccc3cc2c1. The van der Waals surface area contributed by atoms with Crippen LogP contribution in [-0.2, 0) is 12.8 Å². The van der Waals surface area contributed by atoms with Gasteiger partial charge in [-0.1, -0.05) is 109 Å². The first-order valence-corrected chi connectivity index (χ1v) is 14.2. The van der Waals surface area contributed by atoms with Gasteiger partial charge in [0, 0.05) is 0 Å². The molecule has 0 saturated carbocycles. The Labute approximate surface area is 230 Å². The van der Waals surface area contributed by atoms with E-state index in [1.807, 2.05) is 0 Å². The van der Waals surface area contributed by atoms with Gasteiger partial charge in [0.25, 0.3) is 0 Å². The van der Waals surface area contributed by atoms with Gasteiger partial charge in [0.2, 0.25) is 0 Å². The van der Waals surface area contributed by atoms with Gasteiger partial charge in [0.15, 0.2) is 0 Å². The normalized spacial score (nSPS) is 12.8. The maximum Gasteiger partial charge on any atom is -0.00991 e. The fourth-order valence-corrected chi connectivity index (χ4v) is 6.34. The van der Waals surface area contributed by atoms with Crippen LogP contribution in [0.15, 0.2) is 127 Å². The van der Waals surface area contributed by atoms with E-state index < -0.39 is 0 Å². The van der Waals surface area contributed by atoms with Crippen molar-refractivity contribution in [1.82, 2.24) is 0 Å². The molecule has 188 valence electrons. The lowest BCUT2D eigenvalue weighted by Crippen LogP contribution is -2.03. The molecule has 0 aromatic heterocycles. The first kappa shape index (κ1) is 23.7. The molecule has 0 heterocycles. The second kappa shape index (κ2) is 10.0. The highest BCUT2D eigenvalue weighted by Gasteiger charge is 2.14. The van der Waals surface area contributed by atoms with Crippen molar-refractivity contribution >= 4 is 43.1 Å². The Morgan fingerprint density at radius 3 is 1.72 bits per heavy atom. The molecule has 7 aromatic carbocycles. The molecule has 7 aromatic rings. The molecule has 0 radical (unpaired) electrons. The van der Waals surface area contributed by atoms with E-state index in [9.17, 15) is 0 Å². The Bertz CT molecular complexity index is 1870. The van der Waals surface area contributed by atoms with E-state index in [-0.39, 0.29) is 0 Å². The summed E-state index contributed by atoms with van der Waals surface area (Å²) in [6, 6.07) is 46.4. The summed E-state index contributed by atoms with van der Waals surface area (Å²) in [7, 11) is 0. The maximum atomic E-state index is 2.38. The number of aryl methyl sites for hydroxylation is 3. The van der Waals surface area contributed by atoms with E-state index in [2.05, 4.69) is 134 Å². The van der Waals surface area contributed by atoms with Gasteiger partial charge in [-0.2, -0.15) is 0 Å². The predicted octanol–water partition coefficient (Wildman–Crippen LogP) is 10.8. The van der Waals surface area contributed by atoms with Crippen LogP contribution in [0.3, 0.4) is 0 Å². The second-order valence-corrected chi connectivity index (χ2v) is 10.9. The molecule has 0 N–H and O–H groups in total. The van der Waals surface area contributed by atoms with Crippen LogP contribution in [0.25, 0.3) is 54.2 Å². The summed E-state index contributed by atoms with van der Waals surface area (Å²) >= 11 is 0. The molecule has 0 aliphatic heterocycles. The second-order valence-electron chi connectivity index (χ2n) is 10.9. The van der Waals surface area contributed by atoms with Gasteiger partial charge < -0.3 is 0 Å². The van der Waals surface area contributed by atoms with Gasteiger partial charge in [0.1, 0.15) is 0 Å². The van der Waals surface area contributed by atoms with E-state index in [4.69, 9.17) is 0 Å². The zero-order chi connectivity index (χ0) is 26.2. The van der Waals surface area contributed by atoms with E-state index in [1.165, 1.54) is 85.5 Å². The molecular formula is C39H32. The van der Waals surface area contributed by atoms with Crippen molar-refractivity contribution in [2.45, 2.75) is 32.6 Å². The molecule has 8 rings (SSSR count). The molecule has 0 amide bonds. The quantitative estimate of drug-likeness (QED) is 0.155. The minimum absolute atomic E-state index is 1.23. The van der Waals surface area contributed by atoms with Crippen molar-refractivity contribution in [3.05, 3.63) is 144 Å². The molecule has 0 bridgehead atoms. The summed E-state index contributed by atoms with van der Waals surface area (Å²) in [5, 5.41) is 10.8. The lowest BCUT2D eigenvalue weighted by atomic mass is 9.86. The summed E-state index contributed by atoms with van der Waals surface area (Å²) in [6.07, 6.45) is 5.14. The summed E-state index contributed by atoms with van der Waals surface area (Å²) in [5.74, 6) is 0. The fraction of sp³-hybridized carbons (Fsp3) is 0.128. The third-order valence-electron chi connectivity index (χ3n) is 8.42. The standard InChI is InChI=1S/C25H22.C14H10/c1-17-6-2-4-8-21(17)20-11-10-19-13-14-23-22-9-5-3-7-18(22)12-15-24(23)25(19)16-20;1-2-6-12-10-14-8-4-3-7-13(14)9-11(12)5-1/h2,4,6,8,10-16H,3,5,7,9H2,1H3;1-10H. The monoisotopic (exact) mass is 500 g/mol. The van der Waals surface area contributed by atoms with Crippen molar-refractivity contribution < 1.29 is 0 Å². The average Bonchev–Trinajstić information content (AvgIpc) is 3.00.